The predicted octanol–water partition coefficient (Wildman–Crippen LogP) is 0.389. The van der Waals surface area contributed by atoms with Crippen molar-refractivity contribution < 1.29 is 8.42 Å². The van der Waals surface area contributed by atoms with Gasteiger partial charge >= 0.3 is 0 Å². The molecule has 7 nitrogen and oxygen atoms in total. The lowest BCUT2D eigenvalue weighted by atomic mass is 10.3. The number of fused-ring (bicyclic) bond motifs is 1. The highest BCUT2D eigenvalue weighted by Gasteiger charge is 2.04. The highest BCUT2D eigenvalue weighted by atomic mass is 32.2. The summed E-state index contributed by atoms with van der Waals surface area (Å²) < 4.78 is 25.9. The minimum absolute atomic E-state index is 0.401. The summed E-state index contributed by atoms with van der Waals surface area (Å²) in [5, 5.41) is 7.35. The van der Waals surface area contributed by atoms with Crippen LogP contribution in [0.2, 0.25) is 0 Å². The average molecular weight is 283 g/mol. The number of nitrogens with one attached hydrogen (secondary N) is 2. The van der Waals surface area contributed by atoms with Gasteiger partial charge in [0.1, 0.15) is 0 Å². The quantitative estimate of drug-likeness (QED) is 0.749. The molecule has 0 saturated carbocycles. The number of hydrogen-bond donors (Lipinski definition) is 2. The van der Waals surface area contributed by atoms with Crippen molar-refractivity contribution in [2.45, 2.75) is 13.3 Å². The molecule has 0 aliphatic carbocycles. The molecule has 0 fully saturated rings. The number of rotatable bonds is 6. The lowest BCUT2D eigenvalue weighted by Crippen LogP contribution is -2.24. The first-order valence-electron chi connectivity index (χ1n) is 5.96. The summed E-state index contributed by atoms with van der Waals surface area (Å²) in [5.74, 6) is 0.550. The Balaban J connectivity index is 1.87. The van der Waals surface area contributed by atoms with Gasteiger partial charge in [0.05, 0.1) is 6.26 Å². The lowest BCUT2D eigenvalue weighted by molar-refractivity contribution is 0.586. The molecule has 0 aliphatic heterocycles. The maximum Gasteiger partial charge on any atom is 0.243 e. The zero-order chi connectivity index (χ0) is 13.9. The van der Waals surface area contributed by atoms with Crippen LogP contribution in [0.15, 0.2) is 18.3 Å². The lowest BCUT2D eigenvalue weighted by Gasteiger charge is -2.02. The van der Waals surface area contributed by atoms with E-state index in [1.165, 1.54) is 0 Å². The number of pyridine rings is 1. The van der Waals surface area contributed by atoms with Crippen LogP contribution in [0.1, 0.15) is 12.0 Å². The van der Waals surface area contributed by atoms with Crippen molar-refractivity contribution in [3.63, 3.8) is 0 Å². The maximum atomic E-state index is 10.9. The van der Waals surface area contributed by atoms with E-state index in [0.29, 0.717) is 25.5 Å². The highest BCUT2D eigenvalue weighted by Crippen LogP contribution is 2.09. The molecule has 0 unspecified atom stereocenters. The molecule has 0 bridgehead atoms. The fourth-order valence-corrected chi connectivity index (χ4v) is 2.18. The van der Waals surface area contributed by atoms with Crippen LogP contribution in [0.4, 0.5) is 5.95 Å². The molecule has 2 aromatic heterocycles. The molecule has 0 saturated heterocycles. The summed E-state index contributed by atoms with van der Waals surface area (Å²) in [4.78, 5) is 4.36. The minimum Gasteiger partial charge on any atom is -0.353 e. The molecule has 0 aliphatic rings. The fraction of sp³-hybridized carbons (Fsp3) is 0.455. The van der Waals surface area contributed by atoms with Gasteiger partial charge in [-0.05, 0) is 25.0 Å². The Morgan fingerprint density at radius 2 is 2.16 bits per heavy atom. The number of anilines is 1. The van der Waals surface area contributed by atoms with Crippen LogP contribution in [0.5, 0.6) is 0 Å². The zero-order valence-electron chi connectivity index (χ0n) is 10.9. The topological polar surface area (TPSA) is 88.4 Å². The average Bonchev–Trinajstić information content (AvgIpc) is 2.71. The van der Waals surface area contributed by atoms with E-state index in [1.807, 2.05) is 25.3 Å². The number of aryl methyl sites for hydroxylation is 1. The Morgan fingerprint density at radius 3 is 2.84 bits per heavy atom. The number of nitrogens with zero attached hydrogens (tertiary/aromatic N) is 3. The van der Waals surface area contributed by atoms with Gasteiger partial charge in [-0.15, -0.1) is 5.10 Å². The number of hydrogen-bond acceptors (Lipinski definition) is 5. The van der Waals surface area contributed by atoms with Gasteiger partial charge in [0, 0.05) is 19.3 Å². The molecule has 0 amide bonds. The van der Waals surface area contributed by atoms with E-state index in [-0.39, 0.29) is 0 Å². The smallest absolute Gasteiger partial charge is 0.243 e. The van der Waals surface area contributed by atoms with Crippen molar-refractivity contribution in [1.29, 1.82) is 0 Å². The van der Waals surface area contributed by atoms with Gasteiger partial charge in [0.25, 0.3) is 0 Å². The Labute approximate surface area is 112 Å². The van der Waals surface area contributed by atoms with E-state index in [1.54, 1.807) is 4.52 Å². The van der Waals surface area contributed by atoms with Crippen molar-refractivity contribution in [2.24, 2.45) is 0 Å². The maximum absolute atomic E-state index is 10.9. The summed E-state index contributed by atoms with van der Waals surface area (Å²) in [6, 6.07) is 3.89. The third-order valence-electron chi connectivity index (χ3n) is 2.56. The van der Waals surface area contributed by atoms with Crippen LogP contribution in [0, 0.1) is 6.92 Å². The predicted molar refractivity (Wildman–Crippen MR) is 73.7 cm³/mol. The van der Waals surface area contributed by atoms with E-state index < -0.39 is 10.0 Å². The van der Waals surface area contributed by atoms with Gasteiger partial charge in [-0.1, -0.05) is 6.07 Å². The summed E-state index contributed by atoms with van der Waals surface area (Å²) in [6.45, 7) is 2.99. The Bertz CT molecular complexity index is 665. The molecule has 8 heteroatoms. The monoisotopic (exact) mass is 283 g/mol. The highest BCUT2D eigenvalue weighted by molar-refractivity contribution is 7.88. The number of aromatic nitrogens is 3. The molecule has 2 aromatic rings. The van der Waals surface area contributed by atoms with Gasteiger partial charge in [-0.25, -0.2) is 17.7 Å². The summed E-state index contributed by atoms with van der Waals surface area (Å²) >= 11 is 0. The summed E-state index contributed by atoms with van der Waals surface area (Å²) in [6.07, 6.45) is 3.65. The van der Waals surface area contributed by atoms with Gasteiger partial charge in [0.2, 0.25) is 16.0 Å². The number of sulfonamides is 1. The molecule has 19 heavy (non-hydrogen) atoms. The van der Waals surface area contributed by atoms with Crippen molar-refractivity contribution in [1.82, 2.24) is 19.3 Å². The molecule has 2 heterocycles. The molecule has 2 rings (SSSR count). The Hall–Kier alpha value is -1.67. The first kappa shape index (κ1) is 13.8. The Kier molecular flexibility index (Phi) is 4.01. The van der Waals surface area contributed by atoms with Crippen LogP contribution < -0.4 is 10.0 Å². The molecule has 0 atom stereocenters. The normalized spacial score (nSPS) is 11.9. The van der Waals surface area contributed by atoms with Crippen LogP contribution in [-0.2, 0) is 10.0 Å². The standard InChI is InChI=1S/C11H17N5O2S/c1-9-5-3-8-16-10(9)14-11(15-16)12-6-4-7-13-19(2,17)18/h3,5,8,13H,4,6-7H2,1-2H3,(H,12,15). The Morgan fingerprint density at radius 1 is 1.37 bits per heavy atom. The minimum atomic E-state index is -3.11. The molecule has 0 radical (unpaired) electrons. The van der Waals surface area contributed by atoms with E-state index in [9.17, 15) is 8.42 Å². The fourth-order valence-electron chi connectivity index (χ4n) is 1.66. The van der Waals surface area contributed by atoms with Crippen LogP contribution >= 0.6 is 0 Å². The summed E-state index contributed by atoms with van der Waals surface area (Å²) in [5.41, 5.74) is 1.88. The molecule has 0 aromatic carbocycles. The van der Waals surface area contributed by atoms with Crippen LogP contribution in [0.3, 0.4) is 0 Å². The second-order valence-corrected chi connectivity index (χ2v) is 6.17. The van der Waals surface area contributed by atoms with Crippen molar-refractivity contribution in [2.75, 3.05) is 24.7 Å². The van der Waals surface area contributed by atoms with Crippen molar-refractivity contribution in [3.8, 4) is 0 Å². The third kappa shape index (κ3) is 3.90. The second-order valence-electron chi connectivity index (χ2n) is 4.34. The SMILES string of the molecule is Cc1cccn2nc(NCCCNS(C)(=O)=O)nc12. The van der Waals surface area contributed by atoms with Gasteiger partial charge in [-0.3, -0.25) is 0 Å². The molecular formula is C11H17N5O2S. The van der Waals surface area contributed by atoms with Gasteiger partial charge < -0.3 is 5.32 Å². The third-order valence-corrected chi connectivity index (χ3v) is 3.29. The first-order chi connectivity index (χ1) is 8.96. The van der Waals surface area contributed by atoms with Gasteiger partial charge in [-0.2, -0.15) is 4.98 Å². The van der Waals surface area contributed by atoms with E-state index in [0.717, 1.165) is 17.5 Å². The molecular weight excluding hydrogens is 266 g/mol. The second kappa shape index (κ2) is 5.54. The largest absolute Gasteiger partial charge is 0.353 e. The van der Waals surface area contributed by atoms with Crippen molar-refractivity contribution in [3.05, 3.63) is 23.9 Å². The molecule has 0 spiro atoms. The van der Waals surface area contributed by atoms with Crippen LogP contribution in [-0.4, -0.2) is 42.4 Å². The van der Waals surface area contributed by atoms with E-state index >= 15 is 0 Å². The van der Waals surface area contributed by atoms with E-state index in [2.05, 4.69) is 20.1 Å². The van der Waals surface area contributed by atoms with Crippen LogP contribution in [0.25, 0.3) is 5.65 Å². The van der Waals surface area contributed by atoms with Crippen molar-refractivity contribution >= 4 is 21.6 Å². The zero-order valence-corrected chi connectivity index (χ0v) is 11.7. The molecule has 2 N–H and O–H groups in total. The summed E-state index contributed by atoms with van der Waals surface area (Å²) in [7, 11) is -3.11. The van der Waals surface area contributed by atoms with E-state index in [4.69, 9.17) is 0 Å². The first-order valence-corrected chi connectivity index (χ1v) is 7.85. The molecule has 104 valence electrons. The van der Waals surface area contributed by atoms with Gasteiger partial charge in [0.15, 0.2) is 5.65 Å².